The summed E-state index contributed by atoms with van der Waals surface area (Å²) < 4.78 is 0. The summed E-state index contributed by atoms with van der Waals surface area (Å²) in [4.78, 5) is 35.6. The van der Waals surface area contributed by atoms with Crippen LogP contribution in [-0.2, 0) is 17.0 Å². The second-order valence-electron chi connectivity index (χ2n) is 5.59. The Hall–Kier alpha value is -2.45. The van der Waals surface area contributed by atoms with Gasteiger partial charge in [0.15, 0.2) is 10.3 Å². The van der Waals surface area contributed by atoms with Crippen LogP contribution in [0.25, 0.3) is 0 Å². The Bertz CT molecular complexity index is 924. The first-order valence-corrected chi connectivity index (χ1v) is 9.94. The largest absolute Gasteiger partial charge is 0.302 e. The fraction of sp³-hybridized carbons (Fsp3) is 0.222. The van der Waals surface area contributed by atoms with Crippen molar-refractivity contribution in [3.8, 4) is 0 Å². The standard InChI is InChI=1S/C18H18N4O2S2/c1-12-14(7-8-15(23)21-17-19-9-10-25-17)16(24)22-18(20-12)26-11-13-5-3-2-4-6-13/h2-6,9-10H,7-8,11H2,1H3,(H,19,21,23)(H,20,22,24). The molecule has 1 aromatic carbocycles. The monoisotopic (exact) mass is 386 g/mol. The Morgan fingerprint density at radius 3 is 2.81 bits per heavy atom. The van der Waals surface area contributed by atoms with E-state index in [0.29, 0.717) is 28.0 Å². The molecule has 134 valence electrons. The molecule has 26 heavy (non-hydrogen) atoms. The molecule has 8 heteroatoms. The SMILES string of the molecule is Cc1nc(SCc2ccccc2)[nH]c(=O)c1CCC(=O)Nc1nccs1. The van der Waals surface area contributed by atoms with E-state index in [1.54, 1.807) is 18.5 Å². The van der Waals surface area contributed by atoms with Crippen LogP contribution in [0.4, 0.5) is 5.13 Å². The van der Waals surface area contributed by atoms with Gasteiger partial charge >= 0.3 is 0 Å². The van der Waals surface area contributed by atoms with Crippen molar-refractivity contribution in [2.24, 2.45) is 0 Å². The quantitative estimate of drug-likeness (QED) is 0.480. The molecule has 3 rings (SSSR count). The number of thiazole rings is 1. The number of hydrogen-bond acceptors (Lipinski definition) is 6. The van der Waals surface area contributed by atoms with E-state index in [9.17, 15) is 9.59 Å². The Morgan fingerprint density at radius 1 is 1.31 bits per heavy atom. The molecular formula is C18H18N4O2S2. The smallest absolute Gasteiger partial charge is 0.254 e. The Balaban J connectivity index is 1.60. The number of anilines is 1. The lowest BCUT2D eigenvalue weighted by atomic mass is 10.1. The lowest BCUT2D eigenvalue weighted by molar-refractivity contribution is -0.116. The second kappa shape index (κ2) is 8.77. The van der Waals surface area contributed by atoms with Gasteiger partial charge < -0.3 is 10.3 Å². The molecule has 0 saturated carbocycles. The molecule has 1 amide bonds. The predicted octanol–water partition coefficient (Wildman–Crippen LogP) is 3.40. The highest BCUT2D eigenvalue weighted by molar-refractivity contribution is 7.98. The predicted molar refractivity (Wildman–Crippen MR) is 105 cm³/mol. The van der Waals surface area contributed by atoms with Crippen molar-refractivity contribution >= 4 is 34.1 Å². The van der Waals surface area contributed by atoms with Crippen LogP contribution in [0.1, 0.15) is 23.2 Å². The summed E-state index contributed by atoms with van der Waals surface area (Å²) >= 11 is 2.84. The number of nitrogens with zero attached hydrogens (tertiary/aromatic N) is 2. The van der Waals surface area contributed by atoms with E-state index in [0.717, 1.165) is 5.75 Å². The molecule has 0 spiro atoms. The lowest BCUT2D eigenvalue weighted by Gasteiger charge is -2.07. The van der Waals surface area contributed by atoms with E-state index in [2.05, 4.69) is 20.3 Å². The second-order valence-corrected chi connectivity index (χ2v) is 7.45. The van der Waals surface area contributed by atoms with Crippen LogP contribution in [0, 0.1) is 6.92 Å². The maximum absolute atomic E-state index is 12.4. The van der Waals surface area contributed by atoms with Crippen molar-refractivity contribution in [2.75, 3.05) is 5.32 Å². The van der Waals surface area contributed by atoms with Gasteiger partial charge in [0.25, 0.3) is 5.56 Å². The summed E-state index contributed by atoms with van der Waals surface area (Å²) in [5.74, 6) is 0.569. The molecule has 0 atom stereocenters. The normalized spacial score (nSPS) is 10.7. The fourth-order valence-corrected chi connectivity index (χ4v) is 3.79. The highest BCUT2D eigenvalue weighted by atomic mass is 32.2. The average Bonchev–Trinajstić information content (AvgIpc) is 3.13. The van der Waals surface area contributed by atoms with E-state index < -0.39 is 0 Å². The third-order valence-corrected chi connectivity index (χ3v) is 5.33. The number of thioether (sulfide) groups is 1. The lowest BCUT2D eigenvalue weighted by Crippen LogP contribution is -2.20. The van der Waals surface area contributed by atoms with Crippen molar-refractivity contribution in [3.63, 3.8) is 0 Å². The molecule has 0 saturated heterocycles. The van der Waals surface area contributed by atoms with Crippen molar-refractivity contribution in [2.45, 2.75) is 30.7 Å². The fourth-order valence-electron chi connectivity index (χ4n) is 2.38. The van der Waals surface area contributed by atoms with Gasteiger partial charge in [-0.3, -0.25) is 9.59 Å². The summed E-state index contributed by atoms with van der Waals surface area (Å²) in [6.07, 6.45) is 2.18. The molecule has 0 radical (unpaired) electrons. The van der Waals surface area contributed by atoms with Crippen molar-refractivity contribution in [1.29, 1.82) is 0 Å². The average molecular weight is 387 g/mol. The van der Waals surface area contributed by atoms with Crippen LogP contribution in [0.2, 0.25) is 0 Å². The molecule has 0 bridgehead atoms. The van der Waals surface area contributed by atoms with E-state index >= 15 is 0 Å². The number of amides is 1. The summed E-state index contributed by atoms with van der Waals surface area (Å²) in [6, 6.07) is 10.0. The van der Waals surface area contributed by atoms with Gasteiger partial charge in [0.1, 0.15) is 0 Å². The third kappa shape index (κ3) is 5.03. The number of H-pyrrole nitrogens is 1. The minimum absolute atomic E-state index is 0.165. The summed E-state index contributed by atoms with van der Waals surface area (Å²) in [7, 11) is 0. The summed E-state index contributed by atoms with van der Waals surface area (Å²) in [5.41, 5.74) is 2.19. The molecule has 6 nitrogen and oxygen atoms in total. The van der Waals surface area contributed by atoms with Crippen LogP contribution < -0.4 is 10.9 Å². The van der Waals surface area contributed by atoms with Crippen LogP contribution in [0.3, 0.4) is 0 Å². The zero-order chi connectivity index (χ0) is 18.4. The topological polar surface area (TPSA) is 87.7 Å². The van der Waals surface area contributed by atoms with E-state index in [1.807, 2.05) is 30.3 Å². The Kier molecular flexibility index (Phi) is 6.19. The third-order valence-electron chi connectivity index (χ3n) is 3.70. The van der Waals surface area contributed by atoms with Gasteiger partial charge in [-0.05, 0) is 18.9 Å². The number of carbonyl (C=O) groups is 1. The number of aryl methyl sites for hydroxylation is 1. The van der Waals surface area contributed by atoms with Crippen molar-refractivity contribution in [1.82, 2.24) is 15.0 Å². The van der Waals surface area contributed by atoms with Crippen LogP contribution in [0.5, 0.6) is 0 Å². The molecule has 2 heterocycles. The minimum atomic E-state index is -0.185. The van der Waals surface area contributed by atoms with Crippen molar-refractivity contribution in [3.05, 3.63) is 69.1 Å². The van der Waals surface area contributed by atoms with Crippen LogP contribution >= 0.6 is 23.1 Å². The summed E-state index contributed by atoms with van der Waals surface area (Å²) in [5, 5.41) is 5.66. The number of nitrogens with one attached hydrogen (secondary N) is 2. The van der Waals surface area contributed by atoms with Gasteiger partial charge in [-0.15, -0.1) is 11.3 Å². The molecular weight excluding hydrogens is 368 g/mol. The molecule has 2 aromatic heterocycles. The number of carbonyl (C=O) groups excluding carboxylic acids is 1. The molecule has 0 fully saturated rings. The zero-order valence-corrected chi connectivity index (χ0v) is 15.8. The van der Waals surface area contributed by atoms with E-state index in [4.69, 9.17) is 0 Å². The summed E-state index contributed by atoms with van der Waals surface area (Å²) in [6.45, 7) is 1.80. The van der Waals surface area contributed by atoms with Gasteiger partial charge in [0, 0.05) is 35.0 Å². The number of benzene rings is 1. The first-order valence-electron chi connectivity index (χ1n) is 8.07. The zero-order valence-electron chi connectivity index (χ0n) is 14.2. The maximum atomic E-state index is 12.4. The Labute approximate surface area is 159 Å². The molecule has 0 aliphatic rings. The van der Waals surface area contributed by atoms with Gasteiger partial charge in [-0.2, -0.15) is 0 Å². The molecule has 0 aliphatic heterocycles. The molecule has 0 unspecified atom stereocenters. The van der Waals surface area contributed by atoms with Gasteiger partial charge in [-0.1, -0.05) is 42.1 Å². The molecule has 0 aliphatic carbocycles. The first kappa shape index (κ1) is 18.3. The number of hydrogen-bond donors (Lipinski definition) is 2. The first-order chi connectivity index (χ1) is 12.6. The van der Waals surface area contributed by atoms with E-state index in [-0.39, 0.29) is 17.9 Å². The number of aromatic nitrogens is 3. The van der Waals surface area contributed by atoms with Gasteiger partial charge in [-0.25, -0.2) is 9.97 Å². The minimum Gasteiger partial charge on any atom is -0.302 e. The Morgan fingerprint density at radius 2 is 2.12 bits per heavy atom. The van der Waals surface area contributed by atoms with Crippen molar-refractivity contribution < 1.29 is 4.79 Å². The highest BCUT2D eigenvalue weighted by Gasteiger charge is 2.12. The van der Waals surface area contributed by atoms with E-state index in [1.165, 1.54) is 28.7 Å². The molecule has 2 N–H and O–H groups in total. The highest BCUT2D eigenvalue weighted by Crippen LogP contribution is 2.19. The van der Waals surface area contributed by atoms with Gasteiger partial charge in [0.2, 0.25) is 5.91 Å². The maximum Gasteiger partial charge on any atom is 0.254 e. The number of aromatic amines is 1. The van der Waals surface area contributed by atoms with Crippen LogP contribution in [-0.4, -0.2) is 20.9 Å². The molecule has 3 aromatic rings. The number of rotatable bonds is 7. The van der Waals surface area contributed by atoms with Crippen LogP contribution in [0.15, 0.2) is 51.9 Å². The van der Waals surface area contributed by atoms with Gasteiger partial charge in [0.05, 0.1) is 0 Å².